The molecule has 0 aromatic heterocycles. The van der Waals surface area contributed by atoms with Crippen LogP contribution in [0.15, 0.2) is 12.1 Å². The number of piperazine rings is 1. The molecule has 3 rings (SSSR count). The Balaban J connectivity index is 0.00000208. The van der Waals surface area contributed by atoms with Crippen LogP contribution in [0.3, 0.4) is 0 Å². The minimum Gasteiger partial charge on any atom is -0.497 e. The Hall–Kier alpha value is -0.910. The quantitative estimate of drug-likeness (QED) is 0.880. The summed E-state index contributed by atoms with van der Waals surface area (Å²) in [5.74, 6) is -0.377. The van der Waals surface area contributed by atoms with Crippen molar-refractivity contribution in [1.82, 2.24) is 10.2 Å². The summed E-state index contributed by atoms with van der Waals surface area (Å²) in [6.45, 7) is 3.43. The summed E-state index contributed by atoms with van der Waals surface area (Å²) in [5.41, 5.74) is 0.236. The fourth-order valence-electron chi connectivity index (χ4n) is 4.09. The third kappa shape index (κ3) is 4.19. The molecule has 3 nitrogen and oxygen atoms in total. The number of nitrogens with one attached hydrogen (secondary N) is 1. The van der Waals surface area contributed by atoms with Gasteiger partial charge in [0.25, 0.3) is 0 Å². The number of nitrogens with zero attached hydrogens (tertiary/aromatic N) is 1. The summed E-state index contributed by atoms with van der Waals surface area (Å²) in [4.78, 5) is 2.26. The van der Waals surface area contributed by atoms with Crippen molar-refractivity contribution in [1.29, 1.82) is 0 Å². The molecule has 1 aliphatic carbocycles. The molecule has 1 saturated carbocycles. The first-order chi connectivity index (χ1) is 11.2. The van der Waals surface area contributed by atoms with Crippen LogP contribution in [0, 0.1) is 17.6 Å². The van der Waals surface area contributed by atoms with E-state index in [0.717, 1.165) is 51.9 Å². The highest BCUT2D eigenvalue weighted by Gasteiger charge is 2.34. The summed E-state index contributed by atoms with van der Waals surface area (Å²) in [7, 11) is 1.43. The SMILES string of the molecule is COc1cc(F)c([C@H](C2CCCCC2)N2CCNCC2)c(F)c1.Cl. The third-order valence-electron chi connectivity index (χ3n) is 5.23. The molecular formula is C18H27ClF2N2O. The molecule has 2 fully saturated rings. The van der Waals surface area contributed by atoms with Gasteiger partial charge < -0.3 is 10.1 Å². The fraction of sp³-hybridized carbons (Fsp3) is 0.667. The van der Waals surface area contributed by atoms with E-state index in [1.165, 1.54) is 25.7 Å². The van der Waals surface area contributed by atoms with Gasteiger partial charge in [-0.1, -0.05) is 19.3 Å². The first-order valence-corrected chi connectivity index (χ1v) is 8.68. The van der Waals surface area contributed by atoms with Gasteiger partial charge in [0.1, 0.15) is 17.4 Å². The summed E-state index contributed by atoms with van der Waals surface area (Å²) < 4.78 is 34.4. The number of ether oxygens (including phenoxy) is 1. The molecule has 0 radical (unpaired) electrons. The standard InChI is InChI=1S/C18H26F2N2O.ClH/c1-23-14-11-15(19)17(16(20)12-14)18(13-5-3-2-4-6-13)22-9-7-21-8-10-22;/h11-13,18,21H,2-10H2,1H3;1H/t18-;/m0./s1. The molecule has 1 saturated heterocycles. The average Bonchev–Trinajstić information content (AvgIpc) is 2.59. The molecule has 1 aromatic carbocycles. The summed E-state index contributed by atoms with van der Waals surface area (Å²) in [6.07, 6.45) is 5.66. The second-order valence-electron chi connectivity index (χ2n) is 6.63. The van der Waals surface area contributed by atoms with Gasteiger partial charge in [-0.15, -0.1) is 12.4 Å². The van der Waals surface area contributed by atoms with Crippen molar-refractivity contribution in [3.8, 4) is 5.75 Å². The van der Waals surface area contributed by atoms with Gasteiger partial charge in [0.05, 0.1) is 7.11 Å². The Labute approximate surface area is 149 Å². The molecule has 1 aromatic rings. The van der Waals surface area contributed by atoms with Gasteiger partial charge in [0.15, 0.2) is 0 Å². The molecule has 24 heavy (non-hydrogen) atoms. The van der Waals surface area contributed by atoms with Crippen LogP contribution in [0.1, 0.15) is 43.7 Å². The highest BCUT2D eigenvalue weighted by atomic mass is 35.5. The topological polar surface area (TPSA) is 24.5 Å². The number of halogens is 3. The van der Waals surface area contributed by atoms with Crippen molar-refractivity contribution in [3.05, 3.63) is 29.3 Å². The minimum atomic E-state index is -0.476. The van der Waals surface area contributed by atoms with Crippen molar-refractivity contribution in [2.45, 2.75) is 38.1 Å². The Morgan fingerprint density at radius 1 is 1.08 bits per heavy atom. The van der Waals surface area contributed by atoms with Crippen LogP contribution < -0.4 is 10.1 Å². The Bertz CT molecular complexity index is 491. The smallest absolute Gasteiger partial charge is 0.134 e. The lowest BCUT2D eigenvalue weighted by Gasteiger charge is -2.41. The maximum atomic E-state index is 14.7. The monoisotopic (exact) mass is 360 g/mol. The van der Waals surface area contributed by atoms with Crippen molar-refractivity contribution in [2.75, 3.05) is 33.3 Å². The number of hydrogen-bond donors (Lipinski definition) is 1. The van der Waals surface area contributed by atoms with Crippen LogP contribution in [0.25, 0.3) is 0 Å². The highest BCUT2D eigenvalue weighted by molar-refractivity contribution is 5.85. The van der Waals surface area contributed by atoms with Crippen LogP contribution >= 0.6 is 12.4 Å². The van der Waals surface area contributed by atoms with E-state index in [9.17, 15) is 8.78 Å². The molecule has 0 spiro atoms. The molecule has 1 N–H and O–H groups in total. The third-order valence-corrected chi connectivity index (χ3v) is 5.23. The van der Waals surface area contributed by atoms with Crippen LogP contribution in [-0.2, 0) is 0 Å². The summed E-state index contributed by atoms with van der Waals surface area (Å²) >= 11 is 0. The number of rotatable bonds is 4. The molecule has 0 amide bonds. The molecule has 2 aliphatic rings. The maximum Gasteiger partial charge on any atom is 0.134 e. The van der Waals surface area contributed by atoms with E-state index in [4.69, 9.17) is 4.74 Å². The van der Waals surface area contributed by atoms with E-state index in [1.807, 2.05) is 0 Å². The lowest BCUT2D eigenvalue weighted by atomic mass is 9.79. The fourth-order valence-corrected chi connectivity index (χ4v) is 4.09. The van der Waals surface area contributed by atoms with Gasteiger partial charge in [-0.3, -0.25) is 4.90 Å². The van der Waals surface area contributed by atoms with Gasteiger partial charge in [-0.25, -0.2) is 8.78 Å². The molecular weight excluding hydrogens is 334 g/mol. The van der Waals surface area contributed by atoms with Crippen molar-refractivity contribution in [2.24, 2.45) is 5.92 Å². The predicted molar refractivity (Wildman–Crippen MR) is 93.9 cm³/mol. The van der Waals surface area contributed by atoms with Gasteiger partial charge in [0, 0.05) is 49.9 Å². The lowest BCUT2D eigenvalue weighted by Crippen LogP contribution is -2.47. The second kappa shape index (κ2) is 8.97. The minimum absolute atomic E-state index is 0. The van der Waals surface area contributed by atoms with E-state index in [0.29, 0.717) is 5.92 Å². The van der Waals surface area contributed by atoms with E-state index in [-0.39, 0.29) is 29.8 Å². The van der Waals surface area contributed by atoms with Gasteiger partial charge in [-0.2, -0.15) is 0 Å². The van der Waals surface area contributed by atoms with Gasteiger partial charge in [-0.05, 0) is 18.8 Å². The molecule has 1 aliphatic heterocycles. The summed E-state index contributed by atoms with van der Waals surface area (Å²) in [5, 5.41) is 3.32. The van der Waals surface area contributed by atoms with E-state index >= 15 is 0 Å². The second-order valence-corrected chi connectivity index (χ2v) is 6.63. The van der Waals surface area contributed by atoms with E-state index in [2.05, 4.69) is 10.2 Å². The molecule has 136 valence electrons. The van der Waals surface area contributed by atoms with E-state index in [1.54, 1.807) is 0 Å². The first kappa shape index (κ1) is 19.4. The van der Waals surface area contributed by atoms with Gasteiger partial charge >= 0.3 is 0 Å². The zero-order chi connectivity index (χ0) is 16.2. The Morgan fingerprint density at radius 3 is 2.21 bits per heavy atom. The maximum absolute atomic E-state index is 14.7. The molecule has 6 heteroatoms. The normalized spacial score (nSPS) is 21.1. The first-order valence-electron chi connectivity index (χ1n) is 8.68. The van der Waals surface area contributed by atoms with Gasteiger partial charge in [0.2, 0.25) is 0 Å². The van der Waals surface area contributed by atoms with Crippen molar-refractivity contribution in [3.63, 3.8) is 0 Å². The van der Waals surface area contributed by atoms with Crippen molar-refractivity contribution >= 4 is 12.4 Å². The zero-order valence-electron chi connectivity index (χ0n) is 14.2. The largest absolute Gasteiger partial charge is 0.497 e. The summed E-state index contributed by atoms with van der Waals surface area (Å²) in [6, 6.07) is 2.47. The molecule has 0 unspecified atom stereocenters. The van der Waals surface area contributed by atoms with E-state index < -0.39 is 11.6 Å². The highest BCUT2D eigenvalue weighted by Crippen LogP contribution is 2.41. The predicted octanol–water partition coefficient (Wildman–Crippen LogP) is 3.92. The lowest BCUT2D eigenvalue weighted by molar-refractivity contribution is 0.0975. The molecule has 0 bridgehead atoms. The van der Waals surface area contributed by atoms with Crippen LogP contribution in [0.4, 0.5) is 8.78 Å². The number of methoxy groups -OCH3 is 1. The number of benzene rings is 1. The van der Waals surface area contributed by atoms with Crippen LogP contribution in [0.2, 0.25) is 0 Å². The number of hydrogen-bond acceptors (Lipinski definition) is 3. The van der Waals surface area contributed by atoms with Crippen LogP contribution in [0.5, 0.6) is 5.75 Å². The molecule has 1 heterocycles. The van der Waals surface area contributed by atoms with Crippen LogP contribution in [-0.4, -0.2) is 38.2 Å². The molecule has 1 atom stereocenters. The zero-order valence-corrected chi connectivity index (χ0v) is 15.0. The van der Waals surface area contributed by atoms with Crippen molar-refractivity contribution < 1.29 is 13.5 Å². The Kier molecular flexibility index (Phi) is 7.26. The Morgan fingerprint density at radius 2 is 1.67 bits per heavy atom. The average molecular weight is 361 g/mol.